The van der Waals surface area contributed by atoms with E-state index < -0.39 is 10.0 Å². The lowest BCUT2D eigenvalue weighted by atomic mass is 10.00. The number of anilines is 1. The number of nitrogens with one attached hydrogen (secondary N) is 2. The van der Waals surface area contributed by atoms with Crippen LogP contribution in [0.5, 0.6) is 0 Å². The molecule has 26 heavy (non-hydrogen) atoms. The molecule has 2 heterocycles. The zero-order valence-electron chi connectivity index (χ0n) is 14.0. The van der Waals surface area contributed by atoms with E-state index in [9.17, 15) is 8.42 Å². The summed E-state index contributed by atoms with van der Waals surface area (Å²) in [5.41, 5.74) is 3.61. The zero-order valence-corrected chi connectivity index (χ0v) is 17.2. The van der Waals surface area contributed by atoms with Gasteiger partial charge in [-0.3, -0.25) is 4.72 Å². The van der Waals surface area contributed by atoms with Gasteiger partial charge in [0.2, 0.25) is 0 Å². The fourth-order valence-electron chi connectivity index (χ4n) is 3.23. The van der Waals surface area contributed by atoms with E-state index in [2.05, 4.69) is 16.1 Å². The summed E-state index contributed by atoms with van der Waals surface area (Å²) >= 11 is 7.33. The molecule has 4 rings (SSSR count). The minimum Gasteiger partial charge on any atom is -0.312 e. The molecule has 1 aliphatic rings. The fraction of sp³-hybridized carbons (Fsp3) is 0.222. The van der Waals surface area contributed by atoms with E-state index in [4.69, 9.17) is 11.6 Å². The van der Waals surface area contributed by atoms with Crippen molar-refractivity contribution in [2.24, 2.45) is 0 Å². The van der Waals surface area contributed by atoms with E-state index in [0.29, 0.717) is 21.5 Å². The quantitative estimate of drug-likeness (QED) is 0.633. The molecule has 2 aromatic carbocycles. The lowest BCUT2D eigenvalue weighted by molar-refractivity contribution is 0.602. The lowest BCUT2D eigenvalue weighted by Crippen LogP contribution is -2.25. The van der Waals surface area contributed by atoms with Gasteiger partial charge in [-0.25, -0.2) is 8.42 Å². The van der Waals surface area contributed by atoms with Crippen LogP contribution in [0.4, 0.5) is 5.69 Å². The Labute approximate surface area is 168 Å². The molecule has 0 bridgehead atoms. The Morgan fingerprint density at radius 1 is 1.23 bits per heavy atom. The Morgan fingerprint density at radius 3 is 2.85 bits per heavy atom. The van der Waals surface area contributed by atoms with Crippen LogP contribution >= 0.6 is 35.3 Å². The maximum atomic E-state index is 13.0. The molecule has 138 valence electrons. The van der Waals surface area contributed by atoms with Crippen LogP contribution in [0.3, 0.4) is 0 Å². The minimum absolute atomic E-state index is 0. The summed E-state index contributed by atoms with van der Waals surface area (Å²) in [4.78, 5) is 0. The average Bonchev–Trinajstić information content (AvgIpc) is 2.92. The van der Waals surface area contributed by atoms with E-state index in [-0.39, 0.29) is 12.4 Å². The van der Waals surface area contributed by atoms with Gasteiger partial charge in [-0.05, 0) is 66.2 Å². The van der Waals surface area contributed by atoms with Gasteiger partial charge >= 0.3 is 0 Å². The van der Waals surface area contributed by atoms with Crippen LogP contribution in [0.2, 0.25) is 5.02 Å². The van der Waals surface area contributed by atoms with Crippen molar-refractivity contribution in [3.05, 3.63) is 58.1 Å². The smallest absolute Gasteiger partial charge is 0.271 e. The zero-order chi connectivity index (χ0) is 17.6. The summed E-state index contributed by atoms with van der Waals surface area (Å²) < 4.78 is 30.1. The molecule has 0 saturated heterocycles. The highest BCUT2D eigenvalue weighted by Crippen LogP contribution is 2.37. The van der Waals surface area contributed by atoms with Crippen LogP contribution in [0.1, 0.15) is 16.7 Å². The molecule has 3 aromatic rings. The summed E-state index contributed by atoms with van der Waals surface area (Å²) in [6.07, 6.45) is 0.908. The number of thiophene rings is 1. The van der Waals surface area contributed by atoms with E-state index in [1.165, 1.54) is 16.9 Å². The van der Waals surface area contributed by atoms with Crippen molar-refractivity contribution in [2.75, 3.05) is 11.3 Å². The van der Waals surface area contributed by atoms with Crippen LogP contribution in [0.15, 0.2) is 40.6 Å². The summed E-state index contributed by atoms with van der Waals surface area (Å²) in [6, 6.07) is 11.2. The SMILES string of the molecule is Cc1c(S(=O)(=O)Nc2cccc3c2CNCC3)sc2ccc(Cl)cc12.Cl. The second kappa shape index (κ2) is 7.37. The van der Waals surface area contributed by atoms with Gasteiger partial charge in [-0.2, -0.15) is 0 Å². The highest BCUT2D eigenvalue weighted by molar-refractivity contribution is 7.94. The first kappa shape index (κ1) is 19.5. The molecule has 1 aromatic heterocycles. The van der Waals surface area contributed by atoms with Gasteiger partial charge < -0.3 is 5.32 Å². The molecule has 0 radical (unpaired) electrons. The van der Waals surface area contributed by atoms with Crippen LogP contribution in [-0.4, -0.2) is 15.0 Å². The summed E-state index contributed by atoms with van der Waals surface area (Å²) in [5, 5.41) is 4.79. The van der Waals surface area contributed by atoms with E-state index in [1.54, 1.807) is 6.07 Å². The van der Waals surface area contributed by atoms with Crippen LogP contribution < -0.4 is 10.0 Å². The summed E-state index contributed by atoms with van der Waals surface area (Å²) in [7, 11) is -3.65. The molecule has 0 fully saturated rings. The lowest BCUT2D eigenvalue weighted by Gasteiger charge is -2.20. The molecule has 8 heteroatoms. The number of hydrogen-bond donors (Lipinski definition) is 2. The topological polar surface area (TPSA) is 58.2 Å². The van der Waals surface area contributed by atoms with Gasteiger partial charge in [0, 0.05) is 16.3 Å². The molecular weight excluding hydrogens is 411 g/mol. The number of hydrogen-bond acceptors (Lipinski definition) is 4. The average molecular weight is 429 g/mol. The molecule has 0 aliphatic carbocycles. The minimum atomic E-state index is -3.65. The second-order valence-electron chi connectivity index (χ2n) is 6.13. The Balaban J connectivity index is 0.00000196. The number of rotatable bonds is 3. The van der Waals surface area contributed by atoms with Crippen molar-refractivity contribution in [3.8, 4) is 0 Å². The predicted molar refractivity (Wildman–Crippen MR) is 111 cm³/mol. The third-order valence-electron chi connectivity index (χ3n) is 4.49. The molecule has 0 unspecified atom stereocenters. The first-order chi connectivity index (χ1) is 12.0. The van der Waals surface area contributed by atoms with E-state index in [0.717, 1.165) is 34.2 Å². The fourth-order valence-corrected chi connectivity index (χ4v) is 6.24. The summed E-state index contributed by atoms with van der Waals surface area (Å²) in [5.74, 6) is 0. The van der Waals surface area contributed by atoms with Gasteiger partial charge in [-0.1, -0.05) is 23.7 Å². The predicted octanol–water partition coefficient (Wildman–Crippen LogP) is 4.73. The van der Waals surface area contributed by atoms with Crippen LogP contribution in [-0.2, 0) is 23.0 Å². The maximum absolute atomic E-state index is 13.0. The molecule has 0 amide bonds. The Bertz CT molecular complexity index is 1080. The van der Waals surface area contributed by atoms with E-state index >= 15 is 0 Å². The van der Waals surface area contributed by atoms with E-state index in [1.807, 2.05) is 31.2 Å². The largest absolute Gasteiger partial charge is 0.312 e. The Morgan fingerprint density at radius 2 is 2.04 bits per heavy atom. The first-order valence-corrected chi connectivity index (χ1v) is 10.7. The van der Waals surface area contributed by atoms with Gasteiger partial charge in [0.1, 0.15) is 4.21 Å². The highest BCUT2D eigenvalue weighted by Gasteiger charge is 2.24. The van der Waals surface area contributed by atoms with Crippen molar-refractivity contribution in [2.45, 2.75) is 24.1 Å². The number of fused-ring (bicyclic) bond motifs is 2. The maximum Gasteiger partial charge on any atom is 0.271 e. The van der Waals surface area contributed by atoms with Gasteiger partial charge in [0.15, 0.2) is 0 Å². The number of benzene rings is 2. The third kappa shape index (κ3) is 3.44. The Kier molecular flexibility index (Phi) is 5.51. The third-order valence-corrected chi connectivity index (χ3v) is 7.98. The van der Waals surface area contributed by atoms with Gasteiger partial charge in [0.25, 0.3) is 10.0 Å². The van der Waals surface area contributed by atoms with Crippen molar-refractivity contribution >= 4 is 61.1 Å². The summed E-state index contributed by atoms with van der Waals surface area (Å²) in [6.45, 7) is 3.42. The van der Waals surface area contributed by atoms with Crippen molar-refractivity contribution in [1.82, 2.24) is 5.32 Å². The second-order valence-corrected chi connectivity index (χ2v) is 9.50. The molecule has 0 atom stereocenters. The molecule has 0 saturated carbocycles. The number of halogens is 2. The standard InChI is InChI=1S/C18H17ClN2O2S2.ClH/c1-11-14-9-13(19)5-6-17(14)24-18(11)25(22,23)21-16-4-2-3-12-7-8-20-10-15(12)16;/h2-6,9,20-21H,7-8,10H2,1H3;1H. The van der Waals surface area contributed by atoms with Crippen LogP contribution in [0.25, 0.3) is 10.1 Å². The van der Waals surface area contributed by atoms with Crippen molar-refractivity contribution < 1.29 is 8.42 Å². The number of aryl methyl sites for hydroxylation is 1. The Hall–Kier alpha value is -1.31. The monoisotopic (exact) mass is 428 g/mol. The molecular formula is C18H18Cl2N2O2S2. The van der Waals surface area contributed by atoms with Crippen molar-refractivity contribution in [3.63, 3.8) is 0 Å². The van der Waals surface area contributed by atoms with Crippen LogP contribution in [0, 0.1) is 6.92 Å². The normalized spacial score (nSPS) is 13.9. The molecule has 4 nitrogen and oxygen atoms in total. The molecule has 0 spiro atoms. The van der Waals surface area contributed by atoms with Gasteiger partial charge in [-0.15, -0.1) is 23.7 Å². The number of sulfonamides is 1. The molecule has 2 N–H and O–H groups in total. The molecule has 1 aliphatic heterocycles. The first-order valence-electron chi connectivity index (χ1n) is 7.99. The highest BCUT2D eigenvalue weighted by atomic mass is 35.5. The van der Waals surface area contributed by atoms with Crippen molar-refractivity contribution in [1.29, 1.82) is 0 Å². The van der Waals surface area contributed by atoms with Gasteiger partial charge in [0.05, 0.1) is 5.69 Å².